The van der Waals surface area contributed by atoms with Gasteiger partial charge in [-0.1, -0.05) is 32.0 Å². The molecule has 0 aliphatic carbocycles. The second-order valence-electron chi connectivity index (χ2n) is 5.90. The summed E-state index contributed by atoms with van der Waals surface area (Å²) in [5, 5.41) is 9.38. The average molecular weight is 308 g/mol. The van der Waals surface area contributed by atoms with Gasteiger partial charge in [0.15, 0.2) is 0 Å². The van der Waals surface area contributed by atoms with Gasteiger partial charge in [-0.15, -0.1) is 0 Å². The lowest BCUT2D eigenvalue weighted by molar-refractivity contribution is 0.746. The van der Waals surface area contributed by atoms with Gasteiger partial charge in [0.05, 0.1) is 11.2 Å². The molecule has 0 atom stereocenters. The molecule has 0 aliphatic heterocycles. The lowest BCUT2D eigenvalue weighted by Crippen LogP contribution is -2.06. The van der Waals surface area contributed by atoms with Crippen LogP contribution < -0.4 is 5.32 Å². The van der Waals surface area contributed by atoms with Crippen LogP contribution in [0.2, 0.25) is 0 Å². The molecule has 23 heavy (non-hydrogen) atoms. The predicted molar refractivity (Wildman–Crippen MR) is 95.8 cm³/mol. The Bertz CT molecular complexity index is 833. The van der Waals surface area contributed by atoms with E-state index < -0.39 is 0 Å². The van der Waals surface area contributed by atoms with Crippen molar-refractivity contribution < 1.29 is 0 Å². The molecule has 0 spiro atoms. The van der Waals surface area contributed by atoms with Gasteiger partial charge in [0.2, 0.25) is 0 Å². The SMILES string of the molecule is CCc1nn(C)cc1CNc1c(CC)c(C)nc2ccccc12. The van der Waals surface area contributed by atoms with Crippen LogP contribution in [0.1, 0.15) is 36.4 Å². The van der Waals surface area contributed by atoms with E-state index >= 15 is 0 Å². The standard InChI is InChI=1S/C19H24N4/c1-5-15-13(3)21-18-10-8-7-9-16(18)19(15)20-11-14-12-23(4)22-17(14)6-2/h7-10,12H,5-6,11H2,1-4H3,(H,20,21). The molecule has 2 heterocycles. The number of benzene rings is 1. The number of hydrogen-bond donors (Lipinski definition) is 1. The summed E-state index contributed by atoms with van der Waals surface area (Å²) in [6, 6.07) is 8.34. The number of aromatic nitrogens is 3. The highest BCUT2D eigenvalue weighted by molar-refractivity contribution is 5.93. The largest absolute Gasteiger partial charge is 0.380 e. The molecule has 4 nitrogen and oxygen atoms in total. The van der Waals surface area contributed by atoms with E-state index in [0.717, 1.165) is 36.3 Å². The van der Waals surface area contributed by atoms with Crippen LogP contribution in [0.5, 0.6) is 0 Å². The maximum Gasteiger partial charge on any atom is 0.0726 e. The molecule has 0 fully saturated rings. The molecule has 0 saturated carbocycles. The first kappa shape index (κ1) is 15.5. The Kier molecular flexibility index (Phi) is 4.33. The fraction of sp³-hybridized carbons (Fsp3) is 0.368. The molecule has 1 N–H and O–H groups in total. The highest BCUT2D eigenvalue weighted by Gasteiger charge is 2.12. The maximum atomic E-state index is 4.74. The summed E-state index contributed by atoms with van der Waals surface area (Å²) in [5.74, 6) is 0. The lowest BCUT2D eigenvalue weighted by atomic mass is 10.0. The molecule has 0 saturated heterocycles. The van der Waals surface area contributed by atoms with Crippen molar-refractivity contribution in [2.75, 3.05) is 5.32 Å². The smallest absolute Gasteiger partial charge is 0.0726 e. The highest BCUT2D eigenvalue weighted by Crippen LogP contribution is 2.29. The number of anilines is 1. The first-order valence-corrected chi connectivity index (χ1v) is 8.27. The van der Waals surface area contributed by atoms with E-state index in [1.54, 1.807) is 0 Å². The Hall–Kier alpha value is -2.36. The third kappa shape index (κ3) is 2.93. The van der Waals surface area contributed by atoms with Crippen molar-refractivity contribution >= 4 is 16.6 Å². The number of fused-ring (bicyclic) bond motifs is 1. The molecule has 0 amide bonds. The first-order valence-electron chi connectivity index (χ1n) is 8.27. The normalized spacial score (nSPS) is 11.1. The molecule has 0 radical (unpaired) electrons. The summed E-state index contributed by atoms with van der Waals surface area (Å²) in [7, 11) is 1.98. The number of pyridine rings is 1. The van der Waals surface area contributed by atoms with Gasteiger partial charge in [0.25, 0.3) is 0 Å². The monoisotopic (exact) mass is 308 g/mol. The summed E-state index contributed by atoms with van der Waals surface area (Å²) in [5.41, 5.74) is 7.08. The second kappa shape index (κ2) is 6.41. The van der Waals surface area contributed by atoms with Crippen LogP contribution in [0.25, 0.3) is 10.9 Å². The van der Waals surface area contributed by atoms with Crippen LogP contribution in [0.3, 0.4) is 0 Å². The minimum Gasteiger partial charge on any atom is -0.380 e. The van der Waals surface area contributed by atoms with Crippen LogP contribution in [0.15, 0.2) is 30.5 Å². The number of para-hydroxylation sites is 1. The molecular formula is C19H24N4. The van der Waals surface area contributed by atoms with Crippen LogP contribution in [-0.2, 0) is 26.4 Å². The summed E-state index contributed by atoms with van der Waals surface area (Å²) in [6.45, 7) is 7.22. The molecule has 1 aromatic carbocycles. The average Bonchev–Trinajstić information content (AvgIpc) is 2.92. The summed E-state index contributed by atoms with van der Waals surface area (Å²) in [6.07, 6.45) is 4.03. The van der Waals surface area contributed by atoms with Gasteiger partial charge >= 0.3 is 0 Å². The van der Waals surface area contributed by atoms with Gasteiger partial charge < -0.3 is 5.32 Å². The zero-order chi connectivity index (χ0) is 16.4. The van der Waals surface area contributed by atoms with E-state index in [4.69, 9.17) is 4.98 Å². The van der Waals surface area contributed by atoms with E-state index in [1.807, 2.05) is 17.8 Å². The Labute approximate surface area is 137 Å². The topological polar surface area (TPSA) is 42.7 Å². The van der Waals surface area contributed by atoms with Gasteiger partial charge in [-0.25, -0.2) is 0 Å². The van der Waals surface area contributed by atoms with E-state index in [9.17, 15) is 0 Å². The number of nitrogens with zero attached hydrogens (tertiary/aromatic N) is 3. The summed E-state index contributed by atoms with van der Waals surface area (Å²) >= 11 is 0. The Morgan fingerprint density at radius 2 is 1.91 bits per heavy atom. The minimum atomic E-state index is 0.789. The van der Waals surface area contributed by atoms with Crippen molar-refractivity contribution in [3.8, 4) is 0 Å². The molecule has 3 rings (SSSR count). The number of nitrogens with one attached hydrogen (secondary N) is 1. The molecule has 2 aromatic heterocycles. The number of rotatable bonds is 5. The number of aryl methyl sites for hydroxylation is 3. The fourth-order valence-electron chi connectivity index (χ4n) is 3.22. The molecule has 120 valence electrons. The van der Waals surface area contributed by atoms with Crippen LogP contribution in [0, 0.1) is 6.92 Å². The Morgan fingerprint density at radius 1 is 1.13 bits per heavy atom. The van der Waals surface area contributed by atoms with Crippen molar-refractivity contribution in [3.05, 3.63) is 53.0 Å². The zero-order valence-corrected chi connectivity index (χ0v) is 14.3. The van der Waals surface area contributed by atoms with E-state index in [2.05, 4.69) is 55.6 Å². The maximum absolute atomic E-state index is 4.74. The van der Waals surface area contributed by atoms with Crippen molar-refractivity contribution in [3.63, 3.8) is 0 Å². The van der Waals surface area contributed by atoms with Crippen molar-refractivity contribution in [1.29, 1.82) is 0 Å². The van der Waals surface area contributed by atoms with Crippen molar-refractivity contribution in [2.24, 2.45) is 7.05 Å². The minimum absolute atomic E-state index is 0.789. The third-order valence-corrected chi connectivity index (χ3v) is 4.34. The van der Waals surface area contributed by atoms with Crippen LogP contribution >= 0.6 is 0 Å². The van der Waals surface area contributed by atoms with Gasteiger partial charge in [0, 0.05) is 42.1 Å². The number of hydrogen-bond acceptors (Lipinski definition) is 3. The second-order valence-corrected chi connectivity index (χ2v) is 5.90. The van der Waals surface area contributed by atoms with Crippen molar-refractivity contribution in [1.82, 2.24) is 14.8 Å². The van der Waals surface area contributed by atoms with E-state index in [1.165, 1.54) is 22.2 Å². The molecule has 0 bridgehead atoms. The lowest BCUT2D eigenvalue weighted by Gasteiger charge is -2.16. The summed E-state index contributed by atoms with van der Waals surface area (Å²) in [4.78, 5) is 4.74. The highest BCUT2D eigenvalue weighted by atomic mass is 15.3. The van der Waals surface area contributed by atoms with E-state index in [-0.39, 0.29) is 0 Å². The summed E-state index contributed by atoms with van der Waals surface area (Å²) < 4.78 is 1.90. The predicted octanol–water partition coefficient (Wildman–Crippen LogP) is 4.01. The Balaban J connectivity index is 2.01. The molecule has 0 aliphatic rings. The third-order valence-electron chi connectivity index (χ3n) is 4.34. The van der Waals surface area contributed by atoms with Gasteiger partial charge in [-0.05, 0) is 31.4 Å². The van der Waals surface area contributed by atoms with Crippen LogP contribution in [-0.4, -0.2) is 14.8 Å². The van der Waals surface area contributed by atoms with Crippen LogP contribution in [0.4, 0.5) is 5.69 Å². The van der Waals surface area contributed by atoms with Gasteiger partial charge in [-0.2, -0.15) is 5.10 Å². The van der Waals surface area contributed by atoms with E-state index in [0.29, 0.717) is 0 Å². The van der Waals surface area contributed by atoms with Gasteiger partial charge in [-0.3, -0.25) is 9.67 Å². The molecule has 0 unspecified atom stereocenters. The molecular weight excluding hydrogens is 284 g/mol. The first-order chi connectivity index (χ1) is 11.1. The Morgan fingerprint density at radius 3 is 2.65 bits per heavy atom. The quantitative estimate of drug-likeness (QED) is 0.774. The van der Waals surface area contributed by atoms with Crippen molar-refractivity contribution in [2.45, 2.75) is 40.2 Å². The molecule has 3 aromatic rings. The zero-order valence-electron chi connectivity index (χ0n) is 14.3. The fourth-order valence-corrected chi connectivity index (χ4v) is 3.22. The van der Waals surface area contributed by atoms with Gasteiger partial charge in [0.1, 0.15) is 0 Å². The molecule has 4 heteroatoms.